The lowest BCUT2D eigenvalue weighted by Crippen LogP contribution is -2.11. The summed E-state index contributed by atoms with van der Waals surface area (Å²) in [6, 6.07) is 0. The minimum Gasteiger partial charge on any atom is -0.402 e. The van der Waals surface area contributed by atoms with E-state index in [9.17, 15) is 0 Å². The number of nitrogens with two attached hydrogens (primary N) is 3. The summed E-state index contributed by atoms with van der Waals surface area (Å²) in [4.78, 5) is 0. The fourth-order valence-electron chi connectivity index (χ4n) is 1.76. The van der Waals surface area contributed by atoms with Crippen LogP contribution in [0.2, 0.25) is 0 Å². The van der Waals surface area contributed by atoms with Crippen molar-refractivity contribution < 1.29 is 0 Å². The highest BCUT2D eigenvalue weighted by atomic mass is 14.6. The first-order valence-electron chi connectivity index (χ1n) is 6.05. The zero-order chi connectivity index (χ0) is 11.5. The van der Waals surface area contributed by atoms with Crippen LogP contribution in [0.25, 0.3) is 0 Å². The Labute approximate surface area is 94.1 Å². The van der Waals surface area contributed by atoms with E-state index in [4.69, 9.17) is 17.2 Å². The number of rotatable bonds is 9. The first-order valence-corrected chi connectivity index (χ1v) is 6.05. The summed E-state index contributed by atoms with van der Waals surface area (Å²) in [5, 5.41) is 0. The van der Waals surface area contributed by atoms with Gasteiger partial charge in [-0.3, -0.25) is 0 Å². The van der Waals surface area contributed by atoms with Crippen LogP contribution >= 0.6 is 0 Å². The molecule has 0 heterocycles. The second kappa shape index (κ2) is 9.99. The Bertz CT molecular complexity index is 166. The van der Waals surface area contributed by atoms with Gasteiger partial charge in [-0.05, 0) is 51.6 Å². The van der Waals surface area contributed by atoms with Crippen molar-refractivity contribution in [3.8, 4) is 0 Å². The lowest BCUT2D eigenvalue weighted by Gasteiger charge is -2.15. The quantitative estimate of drug-likeness (QED) is 0.510. The molecule has 0 radical (unpaired) electrons. The topological polar surface area (TPSA) is 78.1 Å². The van der Waals surface area contributed by atoms with E-state index in [1.165, 1.54) is 12.8 Å². The monoisotopic (exact) mass is 213 g/mol. The van der Waals surface area contributed by atoms with Gasteiger partial charge in [0.05, 0.1) is 0 Å². The van der Waals surface area contributed by atoms with E-state index in [1.807, 2.05) is 13.0 Å². The molecule has 0 aromatic rings. The number of unbranched alkanes of at least 4 members (excludes halogenated alkanes) is 1. The maximum Gasteiger partial charge on any atom is 0.00372 e. The van der Waals surface area contributed by atoms with E-state index in [2.05, 4.69) is 0 Å². The van der Waals surface area contributed by atoms with Crippen LogP contribution < -0.4 is 17.2 Å². The zero-order valence-corrected chi connectivity index (χ0v) is 10.0. The summed E-state index contributed by atoms with van der Waals surface area (Å²) >= 11 is 0. The van der Waals surface area contributed by atoms with E-state index >= 15 is 0 Å². The van der Waals surface area contributed by atoms with Gasteiger partial charge in [0.15, 0.2) is 0 Å². The Morgan fingerprint density at radius 3 is 2.33 bits per heavy atom. The largest absolute Gasteiger partial charge is 0.402 e. The van der Waals surface area contributed by atoms with Gasteiger partial charge in [0.1, 0.15) is 0 Å². The van der Waals surface area contributed by atoms with Crippen molar-refractivity contribution in [2.24, 2.45) is 23.1 Å². The van der Waals surface area contributed by atoms with Crippen molar-refractivity contribution in [2.45, 2.75) is 45.4 Å². The molecule has 3 heteroatoms. The van der Waals surface area contributed by atoms with Crippen molar-refractivity contribution in [3.63, 3.8) is 0 Å². The maximum atomic E-state index is 5.78. The summed E-state index contributed by atoms with van der Waals surface area (Å²) in [6.07, 6.45) is 8.85. The summed E-state index contributed by atoms with van der Waals surface area (Å²) in [7, 11) is 0. The van der Waals surface area contributed by atoms with Gasteiger partial charge in [0, 0.05) is 5.70 Å². The van der Waals surface area contributed by atoms with E-state index in [0.717, 1.165) is 50.4 Å². The number of hydrogen-bond acceptors (Lipinski definition) is 3. The molecule has 0 saturated heterocycles. The Morgan fingerprint density at radius 1 is 1.07 bits per heavy atom. The van der Waals surface area contributed by atoms with Crippen LogP contribution in [-0.4, -0.2) is 13.1 Å². The van der Waals surface area contributed by atoms with Gasteiger partial charge in [-0.25, -0.2) is 0 Å². The molecule has 0 amide bonds. The Hall–Kier alpha value is -0.540. The summed E-state index contributed by atoms with van der Waals surface area (Å²) in [6.45, 7) is 3.57. The number of hydrogen-bond donors (Lipinski definition) is 3. The third-order valence-corrected chi connectivity index (χ3v) is 2.85. The predicted octanol–water partition coefficient (Wildman–Crippen LogP) is 1.72. The van der Waals surface area contributed by atoms with Crippen LogP contribution in [-0.2, 0) is 0 Å². The Balaban J connectivity index is 3.72. The first-order chi connectivity index (χ1) is 7.24. The average Bonchev–Trinajstić information content (AvgIpc) is 2.25. The minimum atomic E-state index is 0.722. The zero-order valence-electron chi connectivity index (χ0n) is 10.0. The van der Waals surface area contributed by atoms with E-state index in [0.29, 0.717) is 0 Å². The average molecular weight is 213 g/mol. The Kier molecular flexibility index (Phi) is 9.63. The standard InChI is InChI=1S/C12H27N3/c1-2-12(15)7-6-11(8-10-14)5-3-4-9-13/h2,11H,3-10,13-15H2,1H3. The molecule has 0 spiro atoms. The molecule has 0 aliphatic heterocycles. The van der Waals surface area contributed by atoms with Crippen LogP contribution in [0.4, 0.5) is 0 Å². The molecule has 90 valence electrons. The van der Waals surface area contributed by atoms with Gasteiger partial charge in [0.25, 0.3) is 0 Å². The third kappa shape index (κ3) is 8.45. The number of allylic oxidation sites excluding steroid dienone is 2. The van der Waals surface area contributed by atoms with Crippen LogP contribution in [0.15, 0.2) is 11.8 Å². The molecule has 0 aromatic carbocycles. The van der Waals surface area contributed by atoms with Gasteiger partial charge in [-0.2, -0.15) is 0 Å². The highest BCUT2D eigenvalue weighted by Crippen LogP contribution is 2.19. The molecule has 1 unspecified atom stereocenters. The second-order valence-electron chi connectivity index (χ2n) is 4.13. The van der Waals surface area contributed by atoms with Gasteiger partial charge >= 0.3 is 0 Å². The van der Waals surface area contributed by atoms with Crippen LogP contribution in [0.5, 0.6) is 0 Å². The van der Waals surface area contributed by atoms with Gasteiger partial charge in [0.2, 0.25) is 0 Å². The second-order valence-corrected chi connectivity index (χ2v) is 4.13. The van der Waals surface area contributed by atoms with Crippen molar-refractivity contribution in [1.29, 1.82) is 0 Å². The fourth-order valence-corrected chi connectivity index (χ4v) is 1.76. The first kappa shape index (κ1) is 14.5. The maximum absolute atomic E-state index is 5.78. The predicted molar refractivity (Wildman–Crippen MR) is 67.2 cm³/mol. The highest BCUT2D eigenvalue weighted by molar-refractivity contribution is 4.93. The van der Waals surface area contributed by atoms with Crippen molar-refractivity contribution in [2.75, 3.05) is 13.1 Å². The van der Waals surface area contributed by atoms with Gasteiger partial charge in [-0.15, -0.1) is 0 Å². The van der Waals surface area contributed by atoms with Crippen LogP contribution in [0, 0.1) is 5.92 Å². The fraction of sp³-hybridized carbons (Fsp3) is 0.833. The van der Waals surface area contributed by atoms with Crippen molar-refractivity contribution >= 4 is 0 Å². The molecule has 0 saturated carbocycles. The molecule has 6 N–H and O–H groups in total. The van der Waals surface area contributed by atoms with Crippen LogP contribution in [0.3, 0.4) is 0 Å². The molecule has 1 atom stereocenters. The Morgan fingerprint density at radius 2 is 1.80 bits per heavy atom. The van der Waals surface area contributed by atoms with Gasteiger partial charge in [-0.1, -0.05) is 18.9 Å². The third-order valence-electron chi connectivity index (χ3n) is 2.85. The molecular formula is C12H27N3. The van der Waals surface area contributed by atoms with Gasteiger partial charge < -0.3 is 17.2 Å². The minimum absolute atomic E-state index is 0.722. The van der Waals surface area contributed by atoms with Crippen molar-refractivity contribution in [3.05, 3.63) is 11.8 Å². The normalized spacial score (nSPS) is 14.2. The molecular weight excluding hydrogens is 186 g/mol. The SMILES string of the molecule is CC=C(N)CCC(CCN)CCCCN. The summed E-state index contributed by atoms with van der Waals surface area (Å²) in [5.74, 6) is 0.722. The molecule has 0 fully saturated rings. The molecule has 0 rings (SSSR count). The molecule has 0 aliphatic rings. The van der Waals surface area contributed by atoms with E-state index in [1.54, 1.807) is 0 Å². The lowest BCUT2D eigenvalue weighted by atomic mass is 9.93. The molecule has 0 bridgehead atoms. The van der Waals surface area contributed by atoms with Crippen LogP contribution in [0.1, 0.15) is 45.4 Å². The summed E-state index contributed by atoms with van der Waals surface area (Å²) in [5.41, 5.74) is 17.9. The van der Waals surface area contributed by atoms with Crippen molar-refractivity contribution in [1.82, 2.24) is 0 Å². The molecule has 3 nitrogen and oxygen atoms in total. The van der Waals surface area contributed by atoms with E-state index < -0.39 is 0 Å². The smallest absolute Gasteiger partial charge is 0.00372 e. The lowest BCUT2D eigenvalue weighted by molar-refractivity contribution is 0.408. The highest BCUT2D eigenvalue weighted by Gasteiger charge is 2.07. The van der Waals surface area contributed by atoms with E-state index in [-0.39, 0.29) is 0 Å². The molecule has 15 heavy (non-hydrogen) atoms. The molecule has 0 aromatic heterocycles. The molecule has 0 aliphatic carbocycles. The summed E-state index contributed by atoms with van der Waals surface area (Å²) < 4.78 is 0.